The molecule has 8 nitrogen and oxygen atoms in total. The lowest BCUT2D eigenvalue weighted by Crippen LogP contribution is -2.44. The highest BCUT2D eigenvalue weighted by molar-refractivity contribution is 5.94. The minimum atomic E-state index is -0.501. The molecule has 0 radical (unpaired) electrons. The van der Waals surface area contributed by atoms with Gasteiger partial charge in [-0.25, -0.2) is 4.98 Å². The Hall–Kier alpha value is -3.03. The zero-order valence-corrected chi connectivity index (χ0v) is 14.7. The van der Waals surface area contributed by atoms with Gasteiger partial charge in [-0.05, 0) is 32.8 Å². The van der Waals surface area contributed by atoms with E-state index in [9.17, 15) is 14.9 Å². The number of aromatic nitrogens is 2. The molecule has 1 aliphatic rings. The summed E-state index contributed by atoms with van der Waals surface area (Å²) >= 11 is 0. The highest BCUT2D eigenvalue weighted by Gasteiger charge is 2.26. The predicted molar refractivity (Wildman–Crippen MR) is 94.2 cm³/mol. The van der Waals surface area contributed by atoms with Crippen LogP contribution in [-0.4, -0.2) is 44.9 Å². The maximum absolute atomic E-state index is 12.7. The standard InChI is InChI=1S/C18H20N4O4/c1-12-9-17(20-13(2)19-12)26-16-7-4-8-21(11-16)18(23)14-5-3-6-15(10-14)22(24)25/h3,5-6,9-10,16H,4,7-8,11H2,1-2H3. The van der Waals surface area contributed by atoms with Gasteiger partial charge in [-0.2, -0.15) is 4.98 Å². The number of nitro groups is 1. The van der Waals surface area contributed by atoms with Crippen molar-refractivity contribution in [2.24, 2.45) is 0 Å². The molecule has 26 heavy (non-hydrogen) atoms. The number of hydrogen-bond acceptors (Lipinski definition) is 6. The van der Waals surface area contributed by atoms with E-state index in [0.717, 1.165) is 18.5 Å². The van der Waals surface area contributed by atoms with Crippen LogP contribution >= 0.6 is 0 Å². The number of hydrogen-bond donors (Lipinski definition) is 0. The van der Waals surface area contributed by atoms with Gasteiger partial charge in [-0.15, -0.1) is 0 Å². The Labute approximate surface area is 151 Å². The Morgan fingerprint density at radius 1 is 1.31 bits per heavy atom. The number of rotatable bonds is 4. The molecule has 0 N–H and O–H groups in total. The average molecular weight is 356 g/mol. The number of carbonyl (C=O) groups excluding carboxylic acids is 1. The summed E-state index contributed by atoms with van der Waals surface area (Å²) in [5.41, 5.74) is 1.05. The molecular formula is C18H20N4O4. The van der Waals surface area contributed by atoms with Crippen LogP contribution in [0.2, 0.25) is 0 Å². The van der Waals surface area contributed by atoms with Crippen LogP contribution in [0.5, 0.6) is 5.88 Å². The van der Waals surface area contributed by atoms with Crippen molar-refractivity contribution < 1.29 is 14.5 Å². The molecule has 0 bridgehead atoms. The summed E-state index contributed by atoms with van der Waals surface area (Å²) in [7, 11) is 0. The molecule has 1 amide bonds. The van der Waals surface area contributed by atoms with E-state index in [1.165, 1.54) is 18.2 Å². The van der Waals surface area contributed by atoms with E-state index in [-0.39, 0.29) is 17.7 Å². The molecule has 1 atom stereocenters. The van der Waals surface area contributed by atoms with Gasteiger partial charge in [-0.3, -0.25) is 14.9 Å². The molecule has 1 fully saturated rings. The topological polar surface area (TPSA) is 98.5 Å². The van der Waals surface area contributed by atoms with Crippen molar-refractivity contribution in [2.45, 2.75) is 32.8 Å². The number of aryl methyl sites for hydroxylation is 2. The Balaban J connectivity index is 1.70. The zero-order valence-electron chi connectivity index (χ0n) is 14.7. The fourth-order valence-electron chi connectivity index (χ4n) is 3.07. The van der Waals surface area contributed by atoms with Crippen molar-refractivity contribution >= 4 is 11.6 Å². The van der Waals surface area contributed by atoms with Crippen LogP contribution < -0.4 is 4.74 Å². The SMILES string of the molecule is Cc1cc(OC2CCCN(C(=O)c3cccc([N+](=O)[O-])c3)C2)nc(C)n1. The van der Waals surface area contributed by atoms with Crippen molar-refractivity contribution in [2.75, 3.05) is 13.1 Å². The van der Waals surface area contributed by atoms with Crippen molar-refractivity contribution in [3.8, 4) is 5.88 Å². The first kappa shape index (κ1) is 17.8. The summed E-state index contributed by atoms with van der Waals surface area (Å²) in [6, 6.07) is 7.57. The molecule has 0 spiro atoms. The van der Waals surface area contributed by atoms with Crippen molar-refractivity contribution in [3.05, 3.63) is 57.5 Å². The summed E-state index contributed by atoms with van der Waals surface area (Å²) < 4.78 is 5.94. The van der Waals surface area contributed by atoms with E-state index in [1.807, 2.05) is 6.92 Å². The van der Waals surface area contributed by atoms with Gasteiger partial charge in [0.25, 0.3) is 11.6 Å². The number of carbonyl (C=O) groups is 1. The van der Waals surface area contributed by atoms with Gasteiger partial charge in [0.05, 0.1) is 11.5 Å². The smallest absolute Gasteiger partial charge is 0.270 e. The Morgan fingerprint density at radius 3 is 2.85 bits per heavy atom. The summed E-state index contributed by atoms with van der Waals surface area (Å²) in [5.74, 6) is 0.919. The third-order valence-electron chi connectivity index (χ3n) is 4.20. The van der Waals surface area contributed by atoms with Gasteiger partial charge >= 0.3 is 0 Å². The number of nitrogens with zero attached hydrogens (tertiary/aromatic N) is 4. The predicted octanol–water partition coefficient (Wildman–Crippen LogP) is 2.69. The first-order valence-corrected chi connectivity index (χ1v) is 8.45. The molecule has 136 valence electrons. The molecule has 1 unspecified atom stereocenters. The molecule has 2 aromatic rings. The maximum Gasteiger partial charge on any atom is 0.270 e. The van der Waals surface area contributed by atoms with Crippen LogP contribution in [-0.2, 0) is 0 Å². The third-order valence-corrected chi connectivity index (χ3v) is 4.20. The molecule has 3 rings (SSSR count). The van der Waals surface area contributed by atoms with Crippen molar-refractivity contribution in [1.29, 1.82) is 0 Å². The minimum Gasteiger partial charge on any atom is -0.472 e. The largest absolute Gasteiger partial charge is 0.472 e. The van der Waals surface area contributed by atoms with Crippen LogP contribution in [0.3, 0.4) is 0 Å². The van der Waals surface area contributed by atoms with E-state index in [0.29, 0.717) is 30.4 Å². The molecule has 0 saturated carbocycles. The number of non-ortho nitro benzene ring substituents is 1. The lowest BCUT2D eigenvalue weighted by molar-refractivity contribution is -0.384. The molecule has 1 aromatic heterocycles. The van der Waals surface area contributed by atoms with Gasteiger partial charge in [0.15, 0.2) is 0 Å². The second kappa shape index (κ2) is 7.47. The zero-order chi connectivity index (χ0) is 18.7. The summed E-state index contributed by atoms with van der Waals surface area (Å²) in [5, 5.41) is 10.9. The highest BCUT2D eigenvalue weighted by atomic mass is 16.6. The first-order valence-electron chi connectivity index (χ1n) is 8.45. The van der Waals surface area contributed by atoms with Gasteiger partial charge in [0, 0.05) is 36.0 Å². The van der Waals surface area contributed by atoms with Crippen LogP contribution in [0.1, 0.15) is 34.7 Å². The molecule has 1 aromatic carbocycles. The van der Waals surface area contributed by atoms with E-state index in [1.54, 1.807) is 24.0 Å². The van der Waals surface area contributed by atoms with Crippen LogP contribution in [0.15, 0.2) is 30.3 Å². The molecule has 0 aliphatic carbocycles. The van der Waals surface area contributed by atoms with Crippen LogP contribution in [0.4, 0.5) is 5.69 Å². The Kier molecular flexibility index (Phi) is 5.11. The number of likely N-dealkylation sites (tertiary alicyclic amines) is 1. The second-order valence-corrected chi connectivity index (χ2v) is 6.34. The summed E-state index contributed by atoms with van der Waals surface area (Å²) in [6.45, 7) is 4.70. The van der Waals surface area contributed by atoms with Crippen LogP contribution in [0, 0.1) is 24.0 Å². The quantitative estimate of drug-likeness (QED) is 0.617. The lowest BCUT2D eigenvalue weighted by Gasteiger charge is -2.32. The lowest BCUT2D eigenvalue weighted by atomic mass is 10.1. The molecule has 1 aliphatic heterocycles. The van der Waals surface area contributed by atoms with Crippen molar-refractivity contribution in [1.82, 2.24) is 14.9 Å². The minimum absolute atomic E-state index is 0.0902. The number of amides is 1. The second-order valence-electron chi connectivity index (χ2n) is 6.34. The van der Waals surface area contributed by atoms with Gasteiger partial charge < -0.3 is 9.64 Å². The number of benzene rings is 1. The molecular weight excluding hydrogens is 336 g/mol. The molecule has 2 heterocycles. The monoisotopic (exact) mass is 356 g/mol. The van der Waals surface area contributed by atoms with E-state index in [2.05, 4.69) is 9.97 Å². The summed E-state index contributed by atoms with van der Waals surface area (Å²) in [4.78, 5) is 33.3. The summed E-state index contributed by atoms with van der Waals surface area (Å²) in [6.07, 6.45) is 1.45. The van der Waals surface area contributed by atoms with Crippen LogP contribution in [0.25, 0.3) is 0 Å². The number of ether oxygens (including phenoxy) is 1. The normalized spacial score (nSPS) is 17.0. The maximum atomic E-state index is 12.7. The average Bonchev–Trinajstić information content (AvgIpc) is 2.60. The van der Waals surface area contributed by atoms with Crippen molar-refractivity contribution in [3.63, 3.8) is 0 Å². The first-order chi connectivity index (χ1) is 12.4. The Morgan fingerprint density at radius 2 is 2.12 bits per heavy atom. The van der Waals surface area contributed by atoms with Gasteiger partial charge in [0.1, 0.15) is 11.9 Å². The highest BCUT2D eigenvalue weighted by Crippen LogP contribution is 2.21. The van der Waals surface area contributed by atoms with E-state index >= 15 is 0 Å². The molecule has 1 saturated heterocycles. The van der Waals surface area contributed by atoms with Gasteiger partial charge in [-0.1, -0.05) is 6.07 Å². The number of piperidine rings is 1. The fraction of sp³-hybridized carbons (Fsp3) is 0.389. The fourth-order valence-corrected chi connectivity index (χ4v) is 3.07. The Bertz CT molecular complexity index is 819. The molecule has 8 heteroatoms. The van der Waals surface area contributed by atoms with Gasteiger partial charge in [0.2, 0.25) is 5.88 Å². The number of nitro benzene ring substituents is 1. The third kappa shape index (κ3) is 4.14. The van der Waals surface area contributed by atoms with E-state index < -0.39 is 4.92 Å². The van der Waals surface area contributed by atoms with E-state index in [4.69, 9.17) is 4.74 Å².